The Kier molecular flexibility index (Phi) is 6.74. The summed E-state index contributed by atoms with van der Waals surface area (Å²) in [4.78, 5) is 11.9. The summed E-state index contributed by atoms with van der Waals surface area (Å²) < 4.78 is 32.8. The Morgan fingerprint density at radius 1 is 1.36 bits per heavy atom. The maximum Gasteiger partial charge on any atom is 0.257 e. The number of aliphatic hydroxyl groups excluding tert-OH is 1. The van der Waals surface area contributed by atoms with Crippen molar-refractivity contribution in [3.63, 3.8) is 0 Å². The summed E-state index contributed by atoms with van der Waals surface area (Å²) in [5, 5.41) is 11.6. The topological polar surface area (TPSA) is 58.6 Å². The highest BCUT2D eigenvalue weighted by Crippen LogP contribution is 2.24. The monoisotopic (exact) mass is 315 g/mol. The Hall–Kier alpha value is -1.69. The molecule has 0 bridgehead atoms. The number of nitrogens with one attached hydrogen (secondary N) is 1. The fraction of sp³-hybridized carbons (Fsp3) is 0.562. The SMILES string of the molecule is CCOc1ccc(F)c(C(=O)NCCCC(C)(C)CO)c1F. The average molecular weight is 315 g/mol. The summed E-state index contributed by atoms with van der Waals surface area (Å²) >= 11 is 0. The van der Waals surface area contributed by atoms with Gasteiger partial charge in [-0.2, -0.15) is 0 Å². The molecule has 0 saturated heterocycles. The lowest BCUT2D eigenvalue weighted by Crippen LogP contribution is -2.28. The minimum absolute atomic E-state index is 0.0423. The van der Waals surface area contributed by atoms with Gasteiger partial charge in [0.15, 0.2) is 11.6 Å². The number of hydrogen-bond acceptors (Lipinski definition) is 3. The second kappa shape index (κ2) is 8.08. The smallest absolute Gasteiger partial charge is 0.257 e. The molecule has 1 rings (SSSR count). The van der Waals surface area contributed by atoms with Crippen LogP contribution in [0.3, 0.4) is 0 Å². The first-order valence-corrected chi connectivity index (χ1v) is 7.32. The highest BCUT2D eigenvalue weighted by molar-refractivity contribution is 5.95. The standard InChI is InChI=1S/C16H23F2NO3/c1-4-22-12-7-6-11(17)13(14(12)18)15(21)19-9-5-8-16(2,3)10-20/h6-7,20H,4-5,8-10H2,1-3H3,(H,19,21). The van der Waals surface area contributed by atoms with E-state index < -0.39 is 23.1 Å². The lowest BCUT2D eigenvalue weighted by atomic mass is 9.89. The van der Waals surface area contributed by atoms with Crippen LogP contribution in [0.15, 0.2) is 12.1 Å². The summed E-state index contributed by atoms with van der Waals surface area (Å²) in [6.07, 6.45) is 1.29. The fourth-order valence-corrected chi connectivity index (χ4v) is 1.94. The van der Waals surface area contributed by atoms with Crippen LogP contribution in [0.4, 0.5) is 8.78 Å². The van der Waals surface area contributed by atoms with Crippen molar-refractivity contribution in [3.8, 4) is 5.75 Å². The number of carbonyl (C=O) groups excluding carboxylic acids is 1. The van der Waals surface area contributed by atoms with Crippen LogP contribution in [0.1, 0.15) is 44.0 Å². The Bertz CT molecular complexity index is 518. The summed E-state index contributed by atoms with van der Waals surface area (Å²) in [5.74, 6) is -2.86. The highest BCUT2D eigenvalue weighted by Gasteiger charge is 2.21. The van der Waals surface area contributed by atoms with Gasteiger partial charge in [0.1, 0.15) is 11.4 Å². The molecule has 0 aliphatic heterocycles. The normalized spacial score (nSPS) is 11.4. The van der Waals surface area contributed by atoms with Crippen molar-refractivity contribution in [2.45, 2.75) is 33.6 Å². The van der Waals surface area contributed by atoms with Crippen LogP contribution in [-0.2, 0) is 0 Å². The van der Waals surface area contributed by atoms with Crippen LogP contribution < -0.4 is 10.1 Å². The zero-order chi connectivity index (χ0) is 16.8. The Morgan fingerprint density at radius 3 is 2.64 bits per heavy atom. The van der Waals surface area contributed by atoms with E-state index in [0.29, 0.717) is 12.8 Å². The number of amides is 1. The van der Waals surface area contributed by atoms with Gasteiger partial charge in [-0.3, -0.25) is 4.79 Å². The van der Waals surface area contributed by atoms with Crippen molar-refractivity contribution >= 4 is 5.91 Å². The molecule has 1 amide bonds. The van der Waals surface area contributed by atoms with E-state index in [0.717, 1.165) is 12.1 Å². The van der Waals surface area contributed by atoms with E-state index in [2.05, 4.69) is 5.32 Å². The van der Waals surface area contributed by atoms with Gasteiger partial charge >= 0.3 is 0 Å². The molecule has 124 valence electrons. The molecule has 0 atom stereocenters. The molecule has 4 nitrogen and oxygen atoms in total. The van der Waals surface area contributed by atoms with Gasteiger partial charge < -0.3 is 15.2 Å². The molecule has 0 fully saturated rings. The fourth-order valence-electron chi connectivity index (χ4n) is 1.94. The molecule has 1 aromatic carbocycles. The Labute approximate surface area is 129 Å². The van der Waals surface area contributed by atoms with Gasteiger partial charge in [0.2, 0.25) is 0 Å². The number of halogens is 2. The van der Waals surface area contributed by atoms with Crippen molar-refractivity contribution in [2.24, 2.45) is 5.41 Å². The summed E-state index contributed by atoms with van der Waals surface area (Å²) in [7, 11) is 0. The van der Waals surface area contributed by atoms with Gasteiger partial charge in [0.25, 0.3) is 5.91 Å². The minimum atomic E-state index is -0.991. The molecule has 0 heterocycles. The molecule has 0 aliphatic rings. The third-order valence-electron chi connectivity index (χ3n) is 3.33. The number of hydrogen-bond donors (Lipinski definition) is 2. The molecule has 0 saturated carbocycles. The number of rotatable bonds is 8. The second-order valence-electron chi connectivity index (χ2n) is 5.85. The molecular weight excluding hydrogens is 292 g/mol. The first kappa shape index (κ1) is 18.4. The Morgan fingerprint density at radius 2 is 2.05 bits per heavy atom. The molecule has 2 N–H and O–H groups in total. The largest absolute Gasteiger partial charge is 0.491 e. The predicted octanol–water partition coefficient (Wildman–Crippen LogP) is 2.89. The molecular formula is C16H23F2NO3. The van der Waals surface area contributed by atoms with Crippen LogP contribution in [0.5, 0.6) is 5.75 Å². The van der Waals surface area contributed by atoms with Crippen molar-refractivity contribution in [1.82, 2.24) is 5.32 Å². The van der Waals surface area contributed by atoms with Crippen LogP contribution in [0.2, 0.25) is 0 Å². The Balaban J connectivity index is 2.68. The van der Waals surface area contributed by atoms with Crippen molar-refractivity contribution in [2.75, 3.05) is 19.8 Å². The minimum Gasteiger partial charge on any atom is -0.491 e. The van der Waals surface area contributed by atoms with E-state index in [-0.39, 0.29) is 30.9 Å². The first-order valence-electron chi connectivity index (χ1n) is 7.32. The molecule has 6 heteroatoms. The number of benzene rings is 1. The van der Waals surface area contributed by atoms with E-state index in [1.807, 2.05) is 13.8 Å². The molecule has 0 unspecified atom stereocenters. The van der Waals surface area contributed by atoms with E-state index in [9.17, 15) is 13.6 Å². The zero-order valence-corrected chi connectivity index (χ0v) is 13.2. The third-order valence-corrected chi connectivity index (χ3v) is 3.33. The maximum atomic E-state index is 14.1. The van der Waals surface area contributed by atoms with Crippen LogP contribution >= 0.6 is 0 Å². The van der Waals surface area contributed by atoms with E-state index in [1.165, 1.54) is 0 Å². The van der Waals surface area contributed by atoms with Crippen molar-refractivity contribution < 1.29 is 23.4 Å². The van der Waals surface area contributed by atoms with Crippen molar-refractivity contribution in [1.29, 1.82) is 0 Å². The lowest BCUT2D eigenvalue weighted by molar-refractivity contribution is 0.0939. The summed E-state index contributed by atoms with van der Waals surface area (Å²) in [6, 6.07) is 2.17. The molecule has 1 aromatic rings. The lowest BCUT2D eigenvalue weighted by Gasteiger charge is -2.21. The van der Waals surface area contributed by atoms with E-state index in [4.69, 9.17) is 9.84 Å². The predicted molar refractivity (Wildman–Crippen MR) is 80.0 cm³/mol. The highest BCUT2D eigenvalue weighted by atomic mass is 19.1. The molecule has 0 radical (unpaired) electrons. The van der Waals surface area contributed by atoms with Gasteiger partial charge in [0.05, 0.1) is 6.61 Å². The number of aliphatic hydroxyl groups is 1. The van der Waals surface area contributed by atoms with Gasteiger partial charge in [-0.15, -0.1) is 0 Å². The molecule has 0 aromatic heterocycles. The van der Waals surface area contributed by atoms with Gasteiger partial charge in [-0.05, 0) is 37.3 Å². The average Bonchev–Trinajstić information content (AvgIpc) is 2.47. The maximum absolute atomic E-state index is 14.1. The summed E-state index contributed by atoms with van der Waals surface area (Å²) in [6.45, 7) is 6.02. The molecule has 0 aliphatic carbocycles. The van der Waals surface area contributed by atoms with Crippen LogP contribution in [0, 0.1) is 17.0 Å². The second-order valence-corrected chi connectivity index (χ2v) is 5.85. The summed E-state index contributed by atoms with van der Waals surface area (Å²) in [5.41, 5.74) is -0.872. The molecule has 0 spiro atoms. The van der Waals surface area contributed by atoms with Crippen LogP contribution in [-0.4, -0.2) is 30.8 Å². The van der Waals surface area contributed by atoms with Crippen molar-refractivity contribution in [3.05, 3.63) is 29.3 Å². The van der Waals surface area contributed by atoms with Gasteiger partial charge in [-0.1, -0.05) is 13.8 Å². The third kappa shape index (κ3) is 4.94. The first-order chi connectivity index (χ1) is 10.3. The quantitative estimate of drug-likeness (QED) is 0.725. The van der Waals surface area contributed by atoms with Gasteiger partial charge in [0, 0.05) is 13.2 Å². The number of carbonyl (C=O) groups is 1. The molecule has 22 heavy (non-hydrogen) atoms. The van der Waals surface area contributed by atoms with Gasteiger partial charge in [-0.25, -0.2) is 8.78 Å². The van der Waals surface area contributed by atoms with Crippen LogP contribution in [0.25, 0.3) is 0 Å². The van der Waals surface area contributed by atoms with E-state index in [1.54, 1.807) is 6.92 Å². The van der Waals surface area contributed by atoms with E-state index >= 15 is 0 Å². The zero-order valence-electron chi connectivity index (χ0n) is 13.2. The number of ether oxygens (including phenoxy) is 1.